The van der Waals surface area contributed by atoms with Crippen LogP contribution in [0.4, 0.5) is 5.82 Å². The van der Waals surface area contributed by atoms with Crippen molar-refractivity contribution < 1.29 is 4.79 Å². The van der Waals surface area contributed by atoms with Gasteiger partial charge in [-0.25, -0.2) is 4.98 Å². The second-order valence-electron chi connectivity index (χ2n) is 3.04. The summed E-state index contributed by atoms with van der Waals surface area (Å²) in [6.45, 7) is 0. The molecule has 0 aliphatic heterocycles. The Balaban J connectivity index is 2.20. The zero-order valence-corrected chi connectivity index (χ0v) is 9.90. The number of nitrogens with one attached hydrogen (secondary N) is 1. The van der Waals surface area contributed by atoms with Gasteiger partial charge in [0, 0.05) is 12.4 Å². The first-order valence-corrected chi connectivity index (χ1v) is 5.31. The van der Waals surface area contributed by atoms with Crippen molar-refractivity contribution in [2.24, 2.45) is 0 Å². The maximum Gasteiger partial charge on any atom is 0.258 e. The van der Waals surface area contributed by atoms with Gasteiger partial charge in [0.25, 0.3) is 5.91 Å². The molecule has 7 heteroatoms. The summed E-state index contributed by atoms with van der Waals surface area (Å²) >= 11 is 11.5. The van der Waals surface area contributed by atoms with E-state index in [0.29, 0.717) is 5.56 Å². The van der Waals surface area contributed by atoms with Crippen LogP contribution in [0.2, 0.25) is 10.2 Å². The summed E-state index contributed by atoms with van der Waals surface area (Å²) in [6.07, 6.45) is 5.63. The molecule has 86 valence electrons. The Labute approximate surface area is 107 Å². The number of rotatable bonds is 2. The average Bonchev–Trinajstić information content (AvgIpc) is 2.29. The Morgan fingerprint density at radius 3 is 2.71 bits per heavy atom. The van der Waals surface area contributed by atoms with Crippen LogP contribution in [-0.4, -0.2) is 20.9 Å². The van der Waals surface area contributed by atoms with Gasteiger partial charge >= 0.3 is 0 Å². The van der Waals surface area contributed by atoms with Crippen LogP contribution in [0.15, 0.2) is 30.9 Å². The third kappa shape index (κ3) is 2.89. The highest BCUT2D eigenvalue weighted by Gasteiger charge is 2.10. The number of anilines is 1. The van der Waals surface area contributed by atoms with Gasteiger partial charge in [0.2, 0.25) is 0 Å². The number of aromatic nitrogens is 3. The molecule has 17 heavy (non-hydrogen) atoms. The highest BCUT2D eigenvalue weighted by Crippen LogP contribution is 2.15. The van der Waals surface area contributed by atoms with E-state index in [1.54, 1.807) is 0 Å². The summed E-state index contributed by atoms with van der Waals surface area (Å²) in [5.74, 6) is -0.135. The van der Waals surface area contributed by atoms with E-state index >= 15 is 0 Å². The van der Waals surface area contributed by atoms with E-state index in [0.717, 1.165) is 0 Å². The van der Waals surface area contributed by atoms with Crippen LogP contribution in [0.1, 0.15) is 10.4 Å². The Kier molecular flexibility index (Phi) is 3.51. The molecule has 0 unspecified atom stereocenters. The van der Waals surface area contributed by atoms with E-state index in [1.165, 1.54) is 30.9 Å². The van der Waals surface area contributed by atoms with Crippen molar-refractivity contribution in [3.05, 3.63) is 46.6 Å². The summed E-state index contributed by atoms with van der Waals surface area (Å²) in [5, 5.41) is 2.99. The molecule has 0 saturated carbocycles. The predicted molar refractivity (Wildman–Crippen MR) is 64.2 cm³/mol. The lowest BCUT2D eigenvalue weighted by atomic mass is 10.2. The maximum atomic E-state index is 11.8. The lowest BCUT2D eigenvalue weighted by Gasteiger charge is -2.04. The van der Waals surface area contributed by atoms with Crippen molar-refractivity contribution in [1.82, 2.24) is 15.0 Å². The first-order chi connectivity index (χ1) is 8.16. The van der Waals surface area contributed by atoms with Crippen molar-refractivity contribution in [1.29, 1.82) is 0 Å². The molecule has 2 aromatic heterocycles. The van der Waals surface area contributed by atoms with E-state index in [-0.39, 0.29) is 16.0 Å². The largest absolute Gasteiger partial charge is 0.305 e. The van der Waals surface area contributed by atoms with E-state index in [9.17, 15) is 4.79 Å². The number of nitrogens with zero attached hydrogens (tertiary/aromatic N) is 3. The highest BCUT2D eigenvalue weighted by atomic mass is 35.5. The minimum absolute atomic E-state index is 0.198. The standard InChI is InChI=1S/C10H6Cl2N4O/c11-7-3-13-2-1-6(7)10(17)16-9-5-14-4-8(12)15-9/h1-5H,(H,15,16,17). The van der Waals surface area contributed by atoms with E-state index in [2.05, 4.69) is 20.3 Å². The fourth-order valence-corrected chi connectivity index (χ4v) is 1.50. The second-order valence-corrected chi connectivity index (χ2v) is 3.83. The number of amides is 1. The van der Waals surface area contributed by atoms with Crippen molar-refractivity contribution in [3.63, 3.8) is 0 Å². The second kappa shape index (κ2) is 5.07. The van der Waals surface area contributed by atoms with Crippen LogP contribution in [0.5, 0.6) is 0 Å². The van der Waals surface area contributed by atoms with Gasteiger partial charge in [0.05, 0.1) is 23.0 Å². The monoisotopic (exact) mass is 268 g/mol. The van der Waals surface area contributed by atoms with Gasteiger partial charge in [-0.05, 0) is 6.07 Å². The molecule has 0 spiro atoms. The molecule has 5 nitrogen and oxygen atoms in total. The molecule has 2 heterocycles. The van der Waals surface area contributed by atoms with Crippen LogP contribution in [0, 0.1) is 0 Å². The molecule has 0 atom stereocenters. The van der Waals surface area contributed by atoms with Gasteiger partial charge in [-0.1, -0.05) is 23.2 Å². The first-order valence-electron chi connectivity index (χ1n) is 4.55. The third-order valence-corrected chi connectivity index (χ3v) is 2.35. The van der Waals surface area contributed by atoms with E-state index < -0.39 is 5.91 Å². The molecular weight excluding hydrogens is 263 g/mol. The Hall–Kier alpha value is -1.72. The van der Waals surface area contributed by atoms with Crippen molar-refractivity contribution in [2.45, 2.75) is 0 Å². The van der Waals surface area contributed by atoms with Crippen molar-refractivity contribution in [3.8, 4) is 0 Å². The smallest absolute Gasteiger partial charge is 0.258 e. The van der Waals surface area contributed by atoms with E-state index in [1.807, 2.05) is 0 Å². The van der Waals surface area contributed by atoms with Gasteiger partial charge < -0.3 is 5.32 Å². The molecule has 2 aromatic rings. The Morgan fingerprint density at radius 1 is 1.18 bits per heavy atom. The third-order valence-electron chi connectivity index (χ3n) is 1.86. The molecule has 0 bridgehead atoms. The summed E-state index contributed by atoms with van der Waals surface area (Å²) < 4.78 is 0. The predicted octanol–water partition coefficient (Wildman–Crippen LogP) is 2.43. The summed E-state index contributed by atoms with van der Waals surface area (Å²) in [6, 6.07) is 1.51. The number of hydrogen-bond acceptors (Lipinski definition) is 4. The van der Waals surface area contributed by atoms with Crippen molar-refractivity contribution >= 4 is 34.9 Å². The van der Waals surface area contributed by atoms with Crippen LogP contribution in [0.25, 0.3) is 0 Å². The molecule has 1 amide bonds. The van der Waals surface area contributed by atoms with Gasteiger partial charge in [-0.15, -0.1) is 0 Å². The fraction of sp³-hybridized carbons (Fsp3) is 0. The molecule has 0 saturated heterocycles. The molecular formula is C10H6Cl2N4O. The topological polar surface area (TPSA) is 67.8 Å². The SMILES string of the molecule is O=C(Nc1cncc(Cl)n1)c1ccncc1Cl. The zero-order chi connectivity index (χ0) is 12.3. The van der Waals surface area contributed by atoms with Crippen LogP contribution >= 0.6 is 23.2 Å². The molecule has 0 aromatic carbocycles. The summed E-state index contributed by atoms with van der Waals surface area (Å²) in [7, 11) is 0. The molecule has 1 N–H and O–H groups in total. The van der Waals surface area contributed by atoms with Gasteiger partial charge in [-0.3, -0.25) is 14.8 Å². The molecule has 0 aliphatic rings. The number of pyridine rings is 1. The van der Waals surface area contributed by atoms with Crippen LogP contribution < -0.4 is 5.32 Å². The summed E-state index contributed by atoms with van der Waals surface area (Å²) in [5.41, 5.74) is 0.309. The van der Waals surface area contributed by atoms with Crippen LogP contribution in [0.3, 0.4) is 0 Å². The fourth-order valence-electron chi connectivity index (χ4n) is 1.15. The first kappa shape index (κ1) is 11.8. The quantitative estimate of drug-likeness (QED) is 0.909. The van der Waals surface area contributed by atoms with Crippen LogP contribution in [-0.2, 0) is 0 Å². The number of carbonyl (C=O) groups excluding carboxylic acids is 1. The zero-order valence-electron chi connectivity index (χ0n) is 8.39. The average molecular weight is 269 g/mol. The minimum atomic E-state index is -0.394. The normalized spacial score (nSPS) is 10.0. The number of carbonyl (C=O) groups is 1. The molecule has 0 fully saturated rings. The van der Waals surface area contributed by atoms with Gasteiger partial charge in [0.1, 0.15) is 5.15 Å². The lowest BCUT2D eigenvalue weighted by Crippen LogP contribution is -2.13. The van der Waals surface area contributed by atoms with Crippen molar-refractivity contribution in [2.75, 3.05) is 5.32 Å². The Morgan fingerprint density at radius 2 is 2.00 bits per heavy atom. The maximum absolute atomic E-state index is 11.8. The van der Waals surface area contributed by atoms with Gasteiger partial charge in [0.15, 0.2) is 5.82 Å². The summed E-state index contributed by atoms with van der Waals surface area (Å²) in [4.78, 5) is 23.3. The van der Waals surface area contributed by atoms with Gasteiger partial charge in [-0.2, -0.15) is 0 Å². The minimum Gasteiger partial charge on any atom is -0.305 e. The Bertz CT molecular complexity index is 562. The highest BCUT2D eigenvalue weighted by molar-refractivity contribution is 6.34. The molecule has 2 rings (SSSR count). The van der Waals surface area contributed by atoms with E-state index in [4.69, 9.17) is 23.2 Å². The number of halogens is 2. The number of hydrogen-bond donors (Lipinski definition) is 1. The molecule has 0 aliphatic carbocycles. The lowest BCUT2D eigenvalue weighted by molar-refractivity contribution is 0.102. The molecule has 0 radical (unpaired) electrons.